The Hall–Kier alpha value is -1.05. The Labute approximate surface area is 79.4 Å². The summed E-state index contributed by atoms with van der Waals surface area (Å²) < 4.78 is 0. The summed E-state index contributed by atoms with van der Waals surface area (Å²) in [5.41, 5.74) is 2.39. The highest BCUT2D eigenvalue weighted by Gasteiger charge is 2.20. The number of aryl methyl sites for hydroxylation is 2. The van der Waals surface area contributed by atoms with E-state index in [9.17, 15) is 0 Å². The molecule has 0 aromatic carbocycles. The van der Waals surface area contributed by atoms with Crippen molar-refractivity contribution in [1.29, 1.82) is 0 Å². The second kappa shape index (κ2) is 3.36. The zero-order valence-corrected chi connectivity index (χ0v) is 8.30. The molecule has 0 saturated heterocycles. The van der Waals surface area contributed by atoms with E-state index in [2.05, 4.69) is 36.3 Å². The lowest BCUT2D eigenvalue weighted by atomic mass is 10.2. The molecular formula is C11H16N2. The van der Waals surface area contributed by atoms with Crippen molar-refractivity contribution in [2.45, 2.75) is 26.7 Å². The van der Waals surface area contributed by atoms with Crippen LogP contribution in [0.25, 0.3) is 0 Å². The molecule has 1 saturated carbocycles. The van der Waals surface area contributed by atoms with Crippen molar-refractivity contribution in [2.24, 2.45) is 5.92 Å². The maximum absolute atomic E-state index is 4.46. The number of rotatable bonds is 3. The van der Waals surface area contributed by atoms with E-state index >= 15 is 0 Å². The van der Waals surface area contributed by atoms with Gasteiger partial charge in [-0.2, -0.15) is 0 Å². The third-order valence-electron chi connectivity index (χ3n) is 2.62. The molecule has 0 amide bonds. The molecule has 2 heteroatoms. The third-order valence-corrected chi connectivity index (χ3v) is 2.62. The third kappa shape index (κ3) is 2.20. The van der Waals surface area contributed by atoms with Gasteiger partial charge >= 0.3 is 0 Å². The van der Waals surface area contributed by atoms with Crippen molar-refractivity contribution < 1.29 is 0 Å². The van der Waals surface area contributed by atoms with Crippen molar-refractivity contribution in [3.63, 3.8) is 0 Å². The maximum Gasteiger partial charge on any atom is 0.126 e. The Kier molecular flexibility index (Phi) is 2.21. The average molecular weight is 176 g/mol. The smallest absolute Gasteiger partial charge is 0.126 e. The summed E-state index contributed by atoms with van der Waals surface area (Å²) in [4.78, 5) is 4.46. The second-order valence-corrected chi connectivity index (χ2v) is 3.92. The van der Waals surface area contributed by atoms with Gasteiger partial charge in [-0.1, -0.05) is 6.07 Å². The fourth-order valence-corrected chi connectivity index (χ4v) is 1.30. The van der Waals surface area contributed by atoms with Crippen molar-refractivity contribution in [2.75, 3.05) is 11.9 Å². The van der Waals surface area contributed by atoms with E-state index in [1.165, 1.54) is 18.4 Å². The van der Waals surface area contributed by atoms with Gasteiger partial charge in [-0.25, -0.2) is 4.98 Å². The topological polar surface area (TPSA) is 24.9 Å². The lowest BCUT2D eigenvalue weighted by Gasteiger charge is -2.06. The summed E-state index contributed by atoms with van der Waals surface area (Å²) >= 11 is 0. The van der Waals surface area contributed by atoms with Crippen LogP contribution in [0.5, 0.6) is 0 Å². The molecule has 70 valence electrons. The predicted octanol–water partition coefficient (Wildman–Crippen LogP) is 2.52. The van der Waals surface area contributed by atoms with Gasteiger partial charge in [0, 0.05) is 12.2 Å². The molecule has 2 rings (SSSR count). The molecular weight excluding hydrogens is 160 g/mol. The van der Waals surface area contributed by atoms with Crippen LogP contribution in [0.2, 0.25) is 0 Å². The van der Waals surface area contributed by atoms with Crippen LogP contribution in [-0.4, -0.2) is 11.5 Å². The Morgan fingerprint density at radius 3 is 2.77 bits per heavy atom. The van der Waals surface area contributed by atoms with Gasteiger partial charge in [-0.3, -0.25) is 0 Å². The van der Waals surface area contributed by atoms with Crippen LogP contribution in [0.1, 0.15) is 24.1 Å². The fraction of sp³-hybridized carbons (Fsp3) is 0.545. The van der Waals surface area contributed by atoms with Crippen LogP contribution in [0.15, 0.2) is 12.1 Å². The first-order chi connectivity index (χ1) is 6.25. The van der Waals surface area contributed by atoms with E-state index in [0.717, 1.165) is 24.0 Å². The Morgan fingerprint density at radius 1 is 1.38 bits per heavy atom. The molecule has 2 nitrogen and oxygen atoms in total. The van der Waals surface area contributed by atoms with Crippen LogP contribution < -0.4 is 5.32 Å². The van der Waals surface area contributed by atoms with E-state index in [-0.39, 0.29) is 0 Å². The quantitative estimate of drug-likeness (QED) is 0.765. The molecule has 0 bridgehead atoms. The zero-order valence-electron chi connectivity index (χ0n) is 8.30. The standard InChI is InChI=1S/C11H16N2/c1-8-3-6-11(13-9(8)2)12-7-10-4-5-10/h3,6,10H,4-5,7H2,1-2H3,(H,12,13). The first-order valence-corrected chi connectivity index (χ1v) is 4.94. The molecule has 1 fully saturated rings. The first-order valence-electron chi connectivity index (χ1n) is 4.94. The largest absolute Gasteiger partial charge is 0.370 e. The highest BCUT2D eigenvalue weighted by Crippen LogP contribution is 2.28. The summed E-state index contributed by atoms with van der Waals surface area (Å²) in [7, 11) is 0. The Morgan fingerprint density at radius 2 is 2.15 bits per heavy atom. The predicted molar refractivity (Wildman–Crippen MR) is 54.9 cm³/mol. The van der Waals surface area contributed by atoms with Crippen LogP contribution in [-0.2, 0) is 0 Å². The number of anilines is 1. The minimum absolute atomic E-state index is 0.906. The highest BCUT2D eigenvalue weighted by atomic mass is 15.0. The molecule has 0 radical (unpaired) electrons. The molecule has 1 aliphatic carbocycles. The van der Waals surface area contributed by atoms with E-state index in [0.29, 0.717) is 0 Å². The number of hydrogen-bond acceptors (Lipinski definition) is 2. The Bertz CT molecular complexity index is 303. The van der Waals surface area contributed by atoms with Gasteiger partial charge in [0.15, 0.2) is 0 Å². The first kappa shape index (κ1) is 8.54. The summed E-state index contributed by atoms with van der Waals surface area (Å²) in [6.07, 6.45) is 2.77. The molecule has 0 unspecified atom stereocenters. The van der Waals surface area contributed by atoms with E-state index in [1.54, 1.807) is 0 Å². The number of aromatic nitrogens is 1. The normalized spacial score (nSPS) is 15.8. The molecule has 1 aromatic rings. The minimum atomic E-state index is 0.906. The SMILES string of the molecule is Cc1ccc(NCC2CC2)nc1C. The van der Waals surface area contributed by atoms with E-state index < -0.39 is 0 Å². The van der Waals surface area contributed by atoms with Gasteiger partial charge in [0.2, 0.25) is 0 Å². The minimum Gasteiger partial charge on any atom is -0.370 e. The summed E-state index contributed by atoms with van der Waals surface area (Å²) in [6.45, 7) is 5.24. The summed E-state index contributed by atoms with van der Waals surface area (Å²) in [5, 5.41) is 3.36. The lowest BCUT2D eigenvalue weighted by molar-refractivity contribution is 0.881. The second-order valence-electron chi connectivity index (χ2n) is 3.92. The van der Waals surface area contributed by atoms with Crippen molar-refractivity contribution in [1.82, 2.24) is 4.98 Å². The lowest BCUT2D eigenvalue weighted by Crippen LogP contribution is -2.05. The highest BCUT2D eigenvalue weighted by molar-refractivity contribution is 5.38. The molecule has 0 atom stereocenters. The van der Waals surface area contributed by atoms with E-state index in [1.807, 2.05) is 0 Å². The molecule has 1 aromatic heterocycles. The molecule has 0 spiro atoms. The van der Waals surface area contributed by atoms with Gasteiger partial charge in [0.1, 0.15) is 5.82 Å². The van der Waals surface area contributed by atoms with Crippen LogP contribution >= 0.6 is 0 Å². The van der Waals surface area contributed by atoms with Crippen LogP contribution in [0, 0.1) is 19.8 Å². The van der Waals surface area contributed by atoms with E-state index in [4.69, 9.17) is 0 Å². The van der Waals surface area contributed by atoms with Gasteiger partial charge in [0.25, 0.3) is 0 Å². The zero-order chi connectivity index (χ0) is 9.26. The summed E-state index contributed by atoms with van der Waals surface area (Å²) in [6, 6.07) is 4.18. The van der Waals surface area contributed by atoms with Crippen molar-refractivity contribution in [3.8, 4) is 0 Å². The molecule has 1 aliphatic rings. The van der Waals surface area contributed by atoms with Gasteiger partial charge in [-0.15, -0.1) is 0 Å². The van der Waals surface area contributed by atoms with Crippen molar-refractivity contribution >= 4 is 5.82 Å². The monoisotopic (exact) mass is 176 g/mol. The van der Waals surface area contributed by atoms with Crippen LogP contribution in [0.4, 0.5) is 5.82 Å². The number of nitrogens with zero attached hydrogens (tertiary/aromatic N) is 1. The number of nitrogens with one attached hydrogen (secondary N) is 1. The summed E-state index contributed by atoms with van der Waals surface area (Å²) in [5.74, 6) is 1.93. The molecule has 13 heavy (non-hydrogen) atoms. The average Bonchev–Trinajstić information content (AvgIpc) is 2.91. The number of pyridine rings is 1. The van der Waals surface area contributed by atoms with Crippen LogP contribution in [0.3, 0.4) is 0 Å². The fourth-order valence-electron chi connectivity index (χ4n) is 1.30. The number of hydrogen-bond donors (Lipinski definition) is 1. The Balaban J connectivity index is 1.98. The molecule has 0 aliphatic heterocycles. The maximum atomic E-state index is 4.46. The van der Waals surface area contributed by atoms with Gasteiger partial charge in [0.05, 0.1) is 0 Å². The molecule has 1 N–H and O–H groups in total. The van der Waals surface area contributed by atoms with Crippen molar-refractivity contribution in [3.05, 3.63) is 23.4 Å². The van der Waals surface area contributed by atoms with Gasteiger partial charge < -0.3 is 5.32 Å². The van der Waals surface area contributed by atoms with Gasteiger partial charge in [-0.05, 0) is 44.2 Å². The molecule has 1 heterocycles.